The van der Waals surface area contributed by atoms with Gasteiger partial charge < -0.3 is 11.1 Å². The fraction of sp³-hybridized carbons (Fsp3) is 0.385. The molecule has 0 radical (unpaired) electrons. The van der Waals surface area contributed by atoms with Crippen LogP contribution < -0.4 is 11.1 Å². The standard InChI is InChI=1S/C13H18N6O.ClH/c1-13(2,3)11(14)12(20)16-9-5-4-6-10(7-9)19-8-15-17-18-19;/h4-8,11H,14H2,1-3H3,(H,16,20);1H/t11-;/m1./s1. The Morgan fingerprint density at radius 2 is 2.10 bits per heavy atom. The summed E-state index contributed by atoms with van der Waals surface area (Å²) in [6.45, 7) is 5.78. The van der Waals surface area contributed by atoms with E-state index in [-0.39, 0.29) is 23.7 Å². The monoisotopic (exact) mass is 310 g/mol. The number of hydrogen-bond acceptors (Lipinski definition) is 5. The van der Waals surface area contributed by atoms with Crippen molar-refractivity contribution in [3.63, 3.8) is 0 Å². The Bertz CT molecular complexity index is 593. The summed E-state index contributed by atoms with van der Waals surface area (Å²) in [4.78, 5) is 12.1. The number of nitrogens with two attached hydrogens (primary N) is 1. The molecule has 1 atom stereocenters. The summed E-state index contributed by atoms with van der Waals surface area (Å²) in [5.74, 6) is -0.216. The number of amides is 1. The summed E-state index contributed by atoms with van der Waals surface area (Å²) >= 11 is 0. The number of rotatable bonds is 3. The van der Waals surface area contributed by atoms with E-state index in [1.165, 1.54) is 11.0 Å². The molecule has 114 valence electrons. The van der Waals surface area contributed by atoms with Crippen LogP contribution in [0.4, 0.5) is 5.69 Å². The Balaban J connectivity index is 0.00000220. The minimum absolute atomic E-state index is 0. The topological polar surface area (TPSA) is 98.7 Å². The Morgan fingerprint density at radius 1 is 1.38 bits per heavy atom. The van der Waals surface area contributed by atoms with Gasteiger partial charge in [0.2, 0.25) is 5.91 Å². The molecule has 0 aliphatic heterocycles. The van der Waals surface area contributed by atoms with E-state index in [1.54, 1.807) is 12.1 Å². The maximum Gasteiger partial charge on any atom is 0.241 e. The zero-order valence-electron chi connectivity index (χ0n) is 12.1. The number of anilines is 1. The SMILES string of the molecule is CC(C)(C)[C@H](N)C(=O)Nc1cccc(-n2cnnn2)c1.Cl. The van der Waals surface area contributed by atoms with Crippen molar-refractivity contribution in [2.75, 3.05) is 5.32 Å². The highest BCUT2D eigenvalue weighted by Gasteiger charge is 2.27. The largest absolute Gasteiger partial charge is 0.325 e. The van der Waals surface area contributed by atoms with Crippen molar-refractivity contribution in [1.82, 2.24) is 20.2 Å². The van der Waals surface area contributed by atoms with Gasteiger partial charge in [-0.1, -0.05) is 26.8 Å². The third-order valence-corrected chi connectivity index (χ3v) is 2.94. The first-order chi connectivity index (χ1) is 9.38. The number of aromatic nitrogens is 4. The smallest absolute Gasteiger partial charge is 0.241 e. The molecule has 0 fully saturated rings. The molecule has 1 aromatic heterocycles. The van der Waals surface area contributed by atoms with Crippen molar-refractivity contribution in [2.45, 2.75) is 26.8 Å². The van der Waals surface area contributed by atoms with Crippen LogP contribution in [-0.4, -0.2) is 32.2 Å². The molecule has 1 heterocycles. The molecule has 0 spiro atoms. The maximum absolute atomic E-state index is 12.1. The molecule has 21 heavy (non-hydrogen) atoms. The molecule has 0 saturated heterocycles. The van der Waals surface area contributed by atoms with Gasteiger partial charge >= 0.3 is 0 Å². The molecule has 1 aromatic carbocycles. The highest BCUT2D eigenvalue weighted by molar-refractivity contribution is 5.95. The van der Waals surface area contributed by atoms with E-state index in [2.05, 4.69) is 20.8 Å². The Labute approximate surface area is 129 Å². The molecule has 2 rings (SSSR count). The Kier molecular flexibility index (Phi) is 5.40. The molecule has 1 amide bonds. The second-order valence-corrected chi connectivity index (χ2v) is 5.64. The van der Waals surface area contributed by atoms with Crippen LogP contribution in [0, 0.1) is 5.41 Å². The third-order valence-electron chi connectivity index (χ3n) is 2.94. The molecule has 0 aliphatic rings. The van der Waals surface area contributed by atoms with E-state index in [0.29, 0.717) is 5.69 Å². The second kappa shape index (κ2) is 6.64. The number of hydrogen-bond donors (Lipinski definition) is 2. The van der Waals surface area contributed by atoms with Gasteiger partial charge in [-0.25, -0.2) is 4.68 Å². The zero-order valence-corrected chi connectivity index (χ0v) is 13.0. The van der Waals surface area contributed by atoms with E-state index in [9.17, 15) is 4.79 Å². The molecule has 2 aromatic rings. The molecule has 3 N–H and O–H groups in total. The molecule has 8 heteroatoms. The van der Waals surface area contributed by atoms with Gasteiger partial charge in [0.25, 0.3) is 0 Å². The average molecular weight is 311 g/mol. The summed E-state index contributed by atoms with van der Waals surface area (Å²) < 4.78 is 1.51. The lowest BCUT2D eigenvalue weighted by Gasteiger charge is -2.25. The lowest BCUT2D eigenvalue weighted by molar-refractivity contribution is -0.119. The first-order valence-corrected chi connectivity index (χ1v) is 6.28. The van der Waals surface area contributed by atoms with Crippen LogP contribution in [0.5, 0.6) is 0 Å². The number of carbonyl (C=O) groups excluding carboxylic acids is 1. The van der Waals surface area contributed by atoms with Crippen LogP contribution in [0.25, 0.3) is 5.69 Å². The number of benzene rings is 1. The predicted molar refractivity (Wildman–Crippen MR) is 82.5 cm³/mol. The van der Waals surface area contributed by atoms with Crippen molar-refractivity contribution in [3.05, 3.63) is 30.6 Å². The van der Waals surface area contributed by atoms with Gasteiger partial charge in [0, 0.05) is 5.69 Å². The van der Waals surface area contributed by atoms with E-state index in [1.807, 2.05) is 32.9 Å². The number of halogens is 1. The van der Waals surface area contributed by atoms with Crippen LogP contribution in [-0.2, 0) is 4.79 Å². The van der Waals surface area contributed by atoms with Crippen LogP contribution in [0.3, 0.4) is 0 Å². The lowest BCUT2D eigenvalue weighted by atomic mass is 9.87. The molecule has 0 aliphatic carbocycles. The van der Waals surface area contributed by atoms with Gasteiger partial charge in [-0.15, -0.1) is 17.5 Å². The first kappa shape index (κ1) is 17.1. The summed E-state index contributed by atoms with van der Waals surface area (Å²) in [7, 11) is 0. The average Bonchev–Trinajstić information content (AvgIpc) is 2.91. The van der Waals surface area contributed by atoms with E-state index in [4.69, 9.17) is 5.73 Å². The molecule has 0 bridgehead atoms. The molecular formula is C13H19ClN6O. The van der Waals surface area contributed by atoms with Crippen LogP contribution in [0.1, 0.15) is 20.8 Å². The Hall–Kier alpha value is -1.99. The van der Waals surface area contributed by atoms with Crippen LogP contribution in [0.2, 0.25) is 0 Å². The van der Waals surface area contributed by atoms with Crippen molar-refractivity contribution in [1.29, 1.82) is 0 Å². The summed E-state index contributed by atoms with van der Waals surface area (Å²) in [6, 6.07) is 6.65. The molecular weight excluding hydrogens is 292 g/mol. The number of carbonyl (C=O) groups is 1. The first-order valence-electron chi connectivity index (χ1n) is 6.28. The number of nitrogens with one attached hydrogen (secondary N) is 1. The van der Waals surface area contributed by atoms with E-state index < -0.39 is 6.04 Å². The van der Waals surface area contributed by atoms with Gasteiger partial charge in [-0.05, 0) is 34.0 Å². The van der Waals surface area contributed by atoms with Crippen LogP contribution in [0.15, 0.2) is 30.6 Å². The molecule has 7 nitrogen and oxygen atoms in total. The van der Waals surface area contributed by atoms with Crippen molar-refractivity contribution >= 4 is 24.0 Å². The quantitative estimate of drug-likeness (QED) is 0.892. The summed E-state index contributed by atoms with van der Waals surface area (Å²) in [5, 5.41) is 13.8. The molecule has 0 saturated carbocycles. The lowest BCUT2D eigenvalue weighted by Crippen LogP contribution is -2.45. The van der Waals surface area contributed by atoms with Gasteiger partial charge in [0.1, 0.15) is 6.33 Å². The Morgan fingerprint density at radius 3 is 2.67 bits per heavy atom. The second-order valence-electron chi connectivity index (χ2n) is 5.64. The predicted octanol–water partition coefficient (Wildman–Crippen LogP) is 1.40. The minimum atomic E-state index is -0.584. The zero-order chi connectivity index (χ0) is 14.8. The normalized spacial score (nSPS) is 12.4. The van der Waals surface area contributed by atoms with E-state index >= 15 is 0 Å². The van der Waals surface area contributed by atoms with Crippen molar-refractivity contribution in [2.24, 2.45) is 11.1 Å². The number of tetrazole rings is 1. The third kappa shape index (κ3) is 4.24. The van der Waals surface area contributed by atoms with Crippen molar-refractivity contribution in [3.8, 4) is 5.69 Å². The van der Waals surface area contributed by atoms with Gasteiger partial charge in [0.05, 0.1) is 11.7 Å². The van der Waals surface area contributed by atoms with Gasteiger partial charge in [-0.3, -0.25) is 4.79 Å². The van der Waals surface area contributed by atoms with Crippen LogP contribution >= 0.6 is 12.4 Å². The number of nitrogens with zero attached hydrogens (tertiary/aromatic N) is 4. The summed E-state index contributed by atoms with van der Waals surface area (Å²) in [5.41, 5.74) is 7.05. The summed E-state index contributed by atoms with van der Waals surface area (Å²) in [6.07, 6.45) is 1.49. The molecule has 0 unspecified atom stereocenters. The minimum Gasteiger partial charge on any atom is -0.325 e. The van der Waals surface area contributed by atoms with E-state index in [0.717, 1.165) is 5.69 Å². The maximum atomic E-state index is 12.1. The van der Waals surface area contributed by atoms with Gasteiger partial charge in [0.15, 0.2) is 0 Å². The fourth-order valence-corrected chi connectivity index (χ4v) is 1.62. The highest BCUT2D eigenvalue weighted by Crippen LogP contribution is 2.19. The highest BCUT2D eigenvalue weighted by atomic mass is 35.5. The van der Waals surface area contributed by atoms with Gasteiger partial charge in [-0.2, -0.15) is 0 Å². The van der Waals surface area contributed by atoms with Crippen molar-refractivity contribution < 1.29 is 4.79 Å². The fourth-order valence-electron chi connectivity index (χ4n) is 1.62.